The molecular formula is C27H28N4O2. The number of hydrogen-bond acceptors (Lipinski definition) is 3. The van der Waals surface area contributed by atoms with Crippen molar-refractivity contribution in [2.45, 2.75) is 13.0 Å². The fourth-order valence-electron chi connectivity index (χ4n) is 4.66. The number of benzene rings is 3. The average molecular weight is 441 g/mol. The molecule has 0 aliphatic carbocycles. The number of nitrogens with zero attached hydrogens (tertiary/aromatic N) is 2. The number of piperazine rings is 1. The zero-order valence-electron chi connectivity index (χ0n) is 18.8. The van der Waals surface area contributed by atoms with Crippen LogP contribution >= 0.6 is 0 Å². The summed E-state index contributed by atoms with van der Waals surface area (Å²) in [5.74, 6) is 0.0192. The van der Waals surface area contributed by atoms with Crippen LogP contribution in [0.15, 0.2) is 72.8 Å². The molecule has 1 aliphatic heterocycles. The van der Waals surface area contributed by atoms with Crippen LogP contribution in [0.3, 0.4) is 0 Å². The smallest absolute Gasteiger partial charge is 0.270 e. The highest BCUT2D eigenvalue weighted by molar-refractivity contribution is 5.98. The quantitative estimate of drug-likeness (QED) is 0.494. The van der Waals surface area contributed by atoms with Gasteiger partial charge in [-0.15, -0.1) is 0 Å². The Morgan fingerprint density at radius 1 is 0.909 bits per heavy atom. The molecule has 3 aromatic carbocycles. The third-order valence-electron chi connectivity index (χ3n) is 6.45. The van der Waals surface area contributed by atoms with Crippen molar-refractivity contribution in [3.8, 4) is 0 Å². The van der Waals surface area contributed by atoms with E-state index in [-0.39, 0.29) is 17.9 Å². The van der Waals surface area contributed by atoms with Gasteiger partial charge < -0.3 is 15.2 Å². The summed E-state index contributed by atoms with van der Waals surface area (Å²) in [7, 11) is 0. The van der Waals surface area contributed by atoms with Gasteiger partial charge in [0, 0.05) is 37.1 Å². The van der Waals surface area contributed by atoms with E-state index in [0.717, 1.165) is 21.9 Å². The first-order valence-corrected chi connectivity index (χ1v) is 11.4. The Balaban J connectivity index is 1.15. The fourth-order valence-corrected chi connectivity index (χ4v) is 4.66. The predicted octanol–water partition coefficient (Wildman–Crippen LogP) is 3.96. The minimum atomic E-state index is -0.0755. The second-order valence-electron chi connectivity index (χ2n) is 8.70. The molecule has 4 aromatic rings. The number of rotatable bonds is 5. The van der Waals surface area contributed by atoms with Gasteiger partial charge in [-0.3, -0.25) is 14.5 Å². The summed E-state index contributed by atoms with van der Waals surface area (Å²) in [4.78, 5) is 32.8. The Kier molecular flexibility index (Phi) is 5.84. The van der Waals surface area contributed by atoms with Gasteiger partial charge in [0.2, 0.25) is 5.91 Å². The highest BCUT2D eigenvalue weighted by Crippen LogP contribution is 2.24. The standard InChI is InChI=1S/C27H28N4O2/c1-19(22-11-6-9-20-7-2-4-10-23(20)22)28-26(32)18-30-13-15-31(16-14-30)27(33)25-17-21-8-3-5-12-24(21)29-25/h2-12,17,19,29H,13-16,18H2,1H3,(H,28,32). The number of aromatic nitrogens is 1. The zero-order chi connectivity index (χ0) is 22.8. The molecule has 1 fully saturated rings. The number of hydrogen-bond donors (Lipinski definition) is 2. The molecule has 5 rings (SSSR count). The molecule has 1 saturated heterocycles. The average Bonchev–Trinajstić information content (AvgIpc) is 3.28. The number of amides is 2. The van der Waals surface area contributed by atoms with Crippen molar-refractivity contribution in [2.24, 2.45) is 0 Å². The summed E-state index contributed by atoms with van der Waals surface area (Å²) in [6.07, 6.45) is 0. The first-order valence-electron chi connectivity index (χ1n) is 11.4. The van der Waals surface area contributed by atoms with E-state index in [4.69, 9.17) is 0 Å². The zero-order valence-corrected chi connectivity index (χ0v) is 18.8. The van der Waals surface area contributed by atoms with Crippen LogP contribution in [-0.4, -0.2) is 59.3 Å². The third kappa shape index (κ3) is 4.47. The lowest BCUT2D eigenvalue weighted by molar-refractivity contribution is -0.123. The van der Waals surface area contributed by atoms with Crippen LogP contribution in [0.5, 0.6) is 0 Å². The Bertz CT molecular complexity index is 1270. The van der Waals surface area contributed by atoms with E-state index < -0.39 is 0 Å². The molecule has 6 heteroatoms. The van der Waals surface area contributed by atoms with Crippen molar-refractivity contribution in [3.63, 3.8) is 0 Å². The number of carbonyl (C=O) groups excluding carboxylic acids is 2. The summed E-state index contributed by atoms with van der Waals surface area (Å²) in [5.41, 5.74) is 2.71. The Labute approximate surface area is 193 Å². The van der Waals surface area contributed by atoms with Gasteiger partial charge >= 0.3 is 0 Å². The number of nitrogens with one attached hydrogen (secondary N) is 2. The Morgan fingerprint density at radius 2 is 1.61 bits per heavy atom. The van der Waals surface area contributed by atoms with Crippen LogP contribution in [0.25, 0.3) is 21.7 Å². The van der Waals surface area contributed by atoms with Crippen molar-refractivity contribution in [2.75, 3.05) is 32.7 Å². The molecule has 168 valence electrons. The highest BCUT2D eigenvalue weighted by Gasteiger charge is 2.24. The van der Waals surface area contributed by atoms with Crippen LogP contribution in [0.2, 0.25) is 0 Å². The van der Waals surface area contributed by atoms with Gasteiger partial charge in [0.15, 0.2) is 0 Å². The molecule has 0 radical (unpaired) electrons. The Morgan fingerprint density at radius 3 is 2.39 bits per heavy atom. The van der Waals surface area contributed by atoms with E-state index in [2.05, 4.69) is 39.5 Å². The molecule has 2 amide bonds. The molecule has 0 spiro atoms. The second-order valence-corrected chi connectivity index (χ2v) is 8.70. The topological polar surface area (TPSA) is 68.4 Å². The lowest BCUT2D eigenvalue weighted by atomic mass is 10.00. The van der Waals surface area contributed by atoms with Gasteiger partial charge in [-0.25, -0.2) is 0 Å². The fraction of sp³-hybridized carbons (Fsp3) is 0.259. The maximum absolute atomic E-state index is 12.9. The second kappa shape index (κ2) is 9.08. The monoisotopic (exact) mass is 440 g/mol. The van der Waals surface area contributed by atoms with Crippen molar-refractivity contribution in [1.29, 1.82) is 0 Å². The molecular weight excluding hydrogens is 412 g/mol. The molecule has 33 heavy (non-hydrogen) atoms. The maximum atomic E-state index is 12.9. The first kappa shape index (κ1) is 21.2. The van der Waals surface area contributed by atoms with Crippen LogP contribution in [0.1, 0.15) is 29.0 Å². The summed E-state index contributed by atoms with van der Waals surface area (Å²) < 4.78 is 0. The van der Waals surface area contributed by atoms with E-state index in [1.165, 1.54) is 5.39 Å². The van der Waals surface area contributed by atoms with Crippen molar-refractivity contribution >= 4 is 33.5 Å². The molecule has 1 atom stereocenters. The van der Waals surface area contributed by atoms with Crippen molar-refractivity contribution in [3.05, 3.63) is 84.1 Å². The predicted molar refractivity (Wildman–Crippen MR) is 131 cm³/mol. The van der Waals surface area contributed by atoms with E-state index >= 15 is 0 Å². The highest BCUT2D eigenvalue weighted by atomic mass is 16.2. The van der Waals surface area contributed by atoms with Gasteiger partial charge in [0.25, 0.3) is 5.91 Å². The van der Waals surface area contributed by atoms with Crippen LogP contribution in [0, 0.1) is 0 Å². The minimum absolute atomic E-state index is 0.00540. The maximum Gasteiger partial charge on any atom is 0.270 e. The van der Waals surface area contributed by atoms with Gasteiger partial charge in [-0.05, 0) is 35.4 Å². The molecule has 6 nitrogen and oxygen atoms in total. The van der Waals surface area contributed by atoms with Crippen LogP contribution in [-0.2, 0) is 4.79 Å². The Hall–Kier alpha value is -3.64. The van der Waals surface area contributed by atoms with Crippen LogP contribution in [0.4, 0.5) is 0 Å². The lowest BCUT2D eigenvalue weighted by Crippen LogP contribution is -2.51. The first-order chi connectivity index (χ1) is 16.1. The molecule has 2 heterocycles. The SMILES string of the molecule is CC(NC(=O)CN1CCN(C(=O)c2cc3ccccc3[nH]2)CC1)c1cccc2ccccc12. The summed E-state index contributed by atoms with van der Waals surface area (Å²) in [5, 5.41) is 6.52. The molecule has 1 unspecified atom stereocenters. The number of H-pyrrole nitrogens is 1. The minimum Gasteiger partial charge on any atom is -0.351 e. The summed E-state index contributed by atoms with van der Waals surface area (Å²) in [6.45, 7) is 4.95. The molecule has 0 bridgehead atoms. The number of carbonyl (C=O) groups is 2. The largest absolute Gasteiger partial charge is 0.351 e. The number of para-hydroxylation sites is 1. The molecule has 0 saturated carbocycles. The van der Waals surface area contributed by atoms with Crippen LogP contribution < -0.4 is 5.32 Å². The van der Waals surface area contributed by atoms with Gasteiger partial charge in [0.1, 0.15) is 5.69 Å². The molecule has 1 aliphatic rings. The van der Waals surface area contributed by atoms with E-state index in [1.807, 2.05) is 60.4 Å². The van der Waals surface area contributed by atoms with E-state index in [1.54, 1.807) is 0 Å². The molecule has 1 aromatic heterocycles. The van der Waals surface area contributed by atoms with E-state index in [0.29, 0.717) is 38.4 Å². The number of fused-ring (bicyclic) bond motifs is 2. The lowest BCUT2D eigenvalue weighted by Gasteiger charge is -2.34. The van der Waals surface area contributed by atoms with E-state index in [9.17, 15) is 9.59 Å². The van der Waals surface area contributed by atoms with Crippen molar-refractivity contribution < 1.29 is 9.59 Å². The summed E-state index contributed by atoms with van der Waals surface area (Å²) in [6, 6.07) is 24.2. The van der Waals surface area contributed by atoms with Gasteiger partial charge in [0.05, 0.1) is 12.6 Å². The molecule has 2 N–H and O–H groups in total. The number of aromatic amines is 1. The normalized spacial score (nSPS) is 15.6. The third-order valence-corrected chi connectivity index (χ3v) is 6.45. The van der Waals surface area contributed by atoms with Crippen molar-refractivity contribution in [1.82, 2.24) is 20.1 Å². The van der Waals surface area contributed by atoms with Gasteiger partial charge in [-0.1, -0.05) is 60.7 Å². The summed E-state index contributed by atoms with van der Waals surface area (Å²) >= 11 is 0. The van der Waals surface area contributed by atoms with Gasteiger partial charge in [-0.2, -0.15) is 0 Å².